The van der Waals surface area contributed by atoms with Crippen LogP contribution in [0.3, 0.4) is 0 Å². The minimum Gasteiger partial charge on any atom is -0.294 e. The minimum absolute atomic E-state index is 0.189. The van der Waals surface area contributed by atoms with Crippen LogP contribution in [-0.4, -0.2) is 16.9 Å². The number of thiazole rings is 1. The van der Waals surface area contributed by atoms with Gasteiger partial charge in [0.2, 0.25) is 0 Å². The molecule has 2 aromatic rings. The summed E-state index contributed by atoms with van der Waals surface area (Å²) < 4.78 is 12.9. The van der Waals surface area contributed by atoms with E-state index in [9.17, 15) is 4.39 Å². The maximum Gasteiger partial charge on any atom is 0.123 e. The van der Waals surface area contributed by atoms with Gasteiger partial charge in [0.25, 0.3) is 0 Å². The quantitative estimate of drug-likeness (QED) is 0.820. The van der Waals surface area contributed by atoms with Gasteiger partial charge >= 0.3 is 0 Å². The van der Waals surface area contributed by atoms with Gasteiger partial charge in [-0.25, -0.2) is 9.37 Å². The second-order valence-corrected chi connectivity index (χ2v) is 5.67. The van der Waals surface area contributed by atoms with E-state index in [0.717, 1.165) is 24.2 Å². The average molecular weight is 278 g/mol. The van der Waals surface area contributed by atoms with Gasteiger partial charge in [-0.05, 0) is 38.1 Å². The largest absolute Gasteiger partial charge is 0.294 e. The monoisotopic (exact) mass is 278 g/mol. The molecule has 0 amide bonds. The molecule has 19 heavy (non-hydrogen) atoms. The lowest BCUT2D eigenvalue weighted by Crippen LogP contribution is -2.22. The van der Waals surface area contributed by atoms with Crippen molar-refractivity contribution in [1.82, 2.24) is 9.88 Å². The van der Waals surface area contributed by atoms with Crippen LogP contribution in [0.25, 0.3) is 0 Å². The van der Waals surface area contributed by atoms with Gasteiger partial charge in [-0.3, -0.25) is 4.90 Å². The molecular weight excluding hydrogens is 259 g/mol. The molecule has 0 spiro atoms. The van der Waals surface area contributed by atoms with E-state index >= 15 is 0 Å². The SMILES string of the molecule is CCc1nc(CN(C)C(C)c2ccc(F)cc2)cs1. The summed E-state index contributed by atoms with van der Waals surface area (Å²) in [5.41, 5.74) is 2.23. The summed E-state index contributed by atoms with van der Waals surface area (Å²) in [4.78, 5) is 6.80. The van der Waals surface area contributed by atoms with Crippen LogP contribution in [-0.2, 0) is 13.0 Å². The zero-order chi connectivity index (χ0) is 13.8. The molecule has 2 nitrogen and oxygen atoms in total. The van der Waals surface area contributed by atoms with Crippen LogP contribution in [0, 0.1) is 5.82 Å². The predicted octanol–water partition coefficient (Wildman–Crippen LogP) is 4.04. The molecule has 1 aromatic carbocycles. The van der Waals surface area contributed by atoms with Gasteiger partial charge in [0.05, 0.1) is 10.7 Å². The van der Waals surface area contributed by atoms with Crippen molar-refractivity contribution in [3.05, 3.63) is 51.7 Å². The molecule has 0 radical (unpaired) electrons. The van der Waals surface area contributed by atoms with E-state index in [0.29, 0.717) is 0 Å². The molecule has 1 heterocycles. The summed E-state index contributed by atoms with van der Waals surface area (Å²) in [6.07, 6.45) is 0.988. The number of halogens is 1. The van der Waals surface area contributed by atoms with Gasteiger partial charge in [0.15, 0.2) is 0 Å². The zero-order valence-electron chi connectivity index (χ0n) is 11.6. The van der Waals surface area contributed by atoms with Crippen LogP contribution >= 0.6 is 11.3 Å². The summed E-state index contributed by atoms with van der Waals surface area (Å²) in [5, 5.41) is 3.30. The van der Waals surface area contributed by atoms with Gasteiger partial charge in [-0.15, -0.1) is 11.3 Å². The minimum atomic E-state index is -0.189. The van der Waals surface area contributed by atoms with Crippen LogP contribution < -0.4 is 0 Å². The van der Waals surface area contributed by atoms with Crippen molar-refractivity contribution in [1.29, 1.82) is 0 Å². The van der Waals surface area contributed by atoms with Crippen LogP contribution in [0.5, 0.6) is 0 Å². The third-order valence-electron chi connectivity index (χ3n) is 3.33. The first-order valence-electron chi connectivity index (χ1n) is 6.49. The smallest absolute Gasteiger partial charge is 0.123 e. The summed E-state index contributed by atoms with van der Waals surface area (Å²) in [6.45, 7) is 5.06. The molecule has 0 aliphatic carbocycles. The molecule has 4 heteroatoms. The predicted molar refractivity (Wildman–Crippen MR) is 77.8 cm³/mol. The Morgan fingerprint density at radius 1 is 1.32 bits per heavy atom. The molecule has 0 saturated carbocycles. The lowest BCUT2D eigenvalue weighted by atomic mass is 10.1. The van der Waals surface area contributed by atoms with Crippen molar-refractivity contribution >= 4 is 11.3 Å². The number of aromatic nitrogens is 1. The number of benzene rings is 1. The van der Waals surface area contributed by atoms with Crippen molar-refractivity contribution in [3.63, 3.8) is 0 Å². The molecular formula is C15H19FN2S. The number of rotatable bonds is 5. The molecule has 1 atom stereocenters. The van der Waals surface area contributed by atoms with Crippen molar-refractivity contribution in [3.8, 4) is 0 Å². The average Bonchev–Trinajstić information content (AvgIpc) is 2.86. The number of aryl methyl sites for hydroxylation is 1. The molecule has 0 saturated heterocycles. The third-order valence-corrected chi connectivity index (χ3v) is 4.37. The van der Waals surface area contributed by atoms with E-state index in [1.54, 1.807) is 11.3 Å². The Bertz CT molecular complexity index is 521. The highest BCUT2D eigenvalue weighted by molar-refractivity contribution is 7.09. The fraction of sp³-hybridized carbons (Fsp3) is 0.400. The van der Waals surface area contributed by atoms with Crippen molar-refractivity contribution in [2.45, 2.75) is 32.9 Å². The lowest BCUT2D eigenvalue weighted by molar-refractivity contribution is 0.250. The Hall–Kier alpha value is -1.26. The Balaban J connectivity index is 2.02. The molecule has 1 unspecified atom stereocenters. The van der Waals surface area contributed by atoms with Crippen LogP contribution in [0.2, 0.25) is 0 Å². The summed E-state index contributed by atoms with van der Waals surface area (Å²) in [5.74, 6) is -0.189. The molecule has 0 bridgehead atoms. The lowest BCUT2D eigenvalue weighted by Gasteiger charge is -2.24. The van der Waals surface area contributed by atoms with Crippen LogP contribution in [0.15, 0.2) is 29.6 Å². The van der Waals surface area contributed by atoms with Crippen molar-refractivity contribution in [2.75, 3.05) is 7.05 Å². The first-order valence-corrected chi connectivity index (χ1v) is 7.37. The van der Waals surface area contributed by atoms with Crippen LogP contribution in [0.4, 0.5) is 4.39 Å². The van der Waals surface area contributed by atoms with Gasteiger partial charge in [0, 0.05) is 18.0 Å². The van der Waals surface area contributed by atoms with Gasteiger partial charge in [-0.2, -0.15) is 0 Å². The first kappa shape index (κ1) is 14.2. The summed E-state index contributed by atoms with van der Waals surface area (Å²) >= 11 is 1.71. The van der Waals surface area contributed by atoms with Crippen molar-refractivity contribution < 1.29 is 4.39 Å². The highest BCUT2D eigenvalue weighted by Gasteiger charge is 2.13. The van der Waals surface area contributed by atoms with E-state index in [1.807, 2.05) is 12.1 Å². The van der Waals surface area contributed by atoms with Crippen LogP contribution in [0.1, 0.15) is 36.2 Å². The summed E-state index contributed by atoms with van der Waals surface area (Å²) in [7, 11) is 2.07. The molecule has 0 fully saturated rings. The standard InChI is InChI=1S/C15H19FN2S/c1-4-15-17-14(10-19-15)9-18(3)11(2)12-5-7-13(16)8-6-12/h5-8,10-11H,4,9H2,1-3H3. The normalized spacial score (nSPS) is 12.9. The molecule has 0 N–H and O–H groups in total. The maximum absolute atomic E-state index is 12.9. The molecule has 102 valence electrons. The Labute approximate surface area is 117 Å². The maximum atomic E-state index is 12.9. The first-order chi connectivity index (χ1) is 9.10. The van der Waals surface area contributed by atoms with E-state index < -0.39 is 0 Å². The second-order valence-electron chi connectivity index (χ2n) is 4.73. The van der Waals surface area contributed by atoms with E-state index in [-0.39, 0.29) is 11.9 Å². The molecule has 0 aliphatic heterocycles. The van der Waals surface area contributed by atoms with E-state index in [2.05, 4.69) is 36.2 Å². The number of hydrogen-bond donors (Lipinski definition) is 0. The van der Waals surface area contributed by atoms with Gasteiger partial charge in [0.1, 0.15) is 5.82 Å². The fourth-order valence-electron chi connectivity index (χ4n) is 1.97. The number of hydrogen-bond acceptors (Lipinski definition) is 3. The van der Waals surface area contributed by atoms with E-state index in [4.69, 9.17) is 0 Å². The Morgan fingerprint density at radius 3 is 2.58 bits per heavy atom. The zero-order valence-corrected chi connectivity index (χ0v) is 12.4. The number of nitrogens with zero attached hydrogens (tertiary/aromatic N) is 2. The molecule has 2 rings (SSSR count). The van der Waals surface area contributed by atoms with Crippen molar-refractivity contribution in [2.24, 2.45) is 0 Å². The Kier molecular flexibility index (Phi) is 4.66. The topological polar surface area (TPSA) is 16.1 Å². The van der Waals surface area contributed by atoms with Gasteiger partial charge in [-0.1, -0.05) is 19.1 Å². The second kappa shape index (κ2) is 6.26. The fourth-order valence-corrected chi connectivity index (χ4v) is 2.71. The molecule has 0 aliphatic rings. The Morgan fingerprint density at radius 2 is 2.00 bits per heavy atom. The highest BCUT2D eigenvalue weighted by atomic mass is 32.1. The summed E-state index contributed by atoms with van der Waals surface area (Å²) in [6, 6.07) is 6.95. The third kappa shape index (κ3) is 3.61. The van der Waals surface area contributed by atoms with E-state index in [1.165, 1.54) is 17.1 Å². The van der Waals surface area contributed by atoms with Gasteiger partial charge < -0.3 is 0 Å². The highest BCUT2D eigenvalue weighted by Crippen LogP contribution is 2.21. The molecule has 1 aromatic heterocycles.